The van der Waals surface area contributed by atoms with Crippen LogP contribution in [0.3, 0.4) is 0 Å². The van der Waals surface area contributed by atoms with Gasteiger partial charge in [-0.05, 0) is 38.5 Å². The molecule has 1 N–H and O–H groups in total. The first-order valence-corrected chi connectivity index (χ1v) is 7.27. The number of fused-ring (bicyclic) bond motifs is 1. The van der Waals surface area contributed by atoms with Gasteiger partial charge >= 0.3 is 0 Å². The van der Waals surface area contributed by atoms with Crippen molar-refractivity contribution >= 4 is 11.8 Å². The number of anilines is 2. The largest absolute Gasteiger partial charge is 0.370 e. The molecule has 1 aliphatic heterocycles. The van der Waals surface area contributed by atoms with Gasteiger partial charge in [0.1, 0.15) is 5.82 Å². The van der Waals surface area contributed by atoms with E-state index in [9.17, 15) is 0 Å². The predicted octanol–water partition coefficient (Wildman–Crippen LogP) is 2.39. The summed E-state index contributed by atoms with van der Waals surface area (Å²) in [5.74, 6) is 2.05. The monoisotopic (exact) mass is 246 g/mol. The van der Waals surface area contributed by atoms with Gasteiger partial charge in [0, 0.05) is 25.2 Å². The average Bonchev–Trinajstić information content (AvgIpc) is 3.05. The molecule has 3 rings (SSSR count). The lowest BCUT2D eigenvalue weighted by molar-refractivity contribution is 0.868. The Labute approximate surface area is 109 Å². The van der Waals surface area contributed by atoms with E-state index >= 15 is 0 Å². The van der Waals surface area contributed by atoms with E-state index in [-0.39, 0.29) is 0 Å². The van der Waals surface area contributed by atoms with Gasteiger partial charge in [-0.1, -0.05) is 6.92 Å². The first kappa shape index (κ1) is 11.8. The molecule has 0 aromatic carbocycles. The Balaban J connectivity index is 1.90. The first-order chi connectivity index (χ1) is 8.88. The molecule has 1 aliphatic carbocycles. The second-order valence-electron chi connectivity index (χ2n) is 5.27. The third-order valence-corrected chi connectivity index (χ3v) is 3.85. The number of aromatic nitrogens is 2. The number of rotatable bonds is 4. The summed E-state index contributed by atoms with van der Waals surface area (Å²) in [5, 5.41) is 3.48. The van der Waals surface area contributed by atoms with Crippen molar-refractivity contribution in [2.45, 2.75) is 45.4 Å². The van der Waals surface area contributed by atoms with Crippen LogP contribution in [0.15, 0.2) is 0 Å². The molecule has 98 valence electrons. The molecule has 2 heterocycles. The Bertz CT molecular complexity index is 424. The fourth-order valence-corrected chi connectivity index (χ4v) is 2.87. The van der Waals surface area contributed by atoms with Crippen molar-refractivity contribution in [3.05, 3.63) is 11.3 Å². The molecule has 0 radical (unpaired) electrons. The highest BCUT2D eigenvalue weighted by atomic mass is 15.3. The second-order valence-corrected chi connectivity index (χ2v) is 5.27. The van der Waals surface area contributed by atoms with Crippen molar-refractivity contribution in [2.24, 2.45) is 0 Å². The fourth-order valence-electron chi connectivity index (χ4n) is 2.87. The van der Waals surface area contributed by atoms with Gasteiger partial charge in [-0.15, -0.1) is 0 Å². The molecular formula is C14H22N4. The molecule has 18 heavy (non-hydrogen) atoms. The Morgan fingerprint density at radius 1 is 1.11 bits per heavy atom. The SMILES string of the molecule is CCCNc1nc(N2CCCC2)nc2c1CCC2. The summed E-state index contributed by atoms with van der Waals surface area (Å²) in [6, 6.07) is 0. The van der Waals surface area contributed by atoms with Crippen LogP contribution in [0, 0.1) is 0 Å². The molecule has 1 aromatic rings. The van der Waals surface area contributed by atoms with Crippen molar-refractivity contribution < 1.29 is 0 Å². The quantitative estimate of drug-likeness (QED) is 0.885. The van der Waals surface area contributed by atoms with Crippen LogP contribution in [-0.2, 0) is 12.8 Å². The number of aryl methyl sites for hydroxylation is 1. The lowest BCUT2D eigenvalue weighted by Gasteiger charge is -2.18. The van der Waals surface area contributed by atoms with Crippen molar-refractivity contribution in [1.29, 1.82) is 0 Å². The molecular weight excluding hydrogens is 224 g/mol. The third kappa shape index (κ3) is 2.16. The molecule has 4 nitrogen and oxygen atoms in total. The van der Waals surface area contributed by atoms with Crippen LogP contribution in [0.25, 0.3) is 0 Å². The van der Waals surface area contributed by atoms with E-state index in [4.69, 9.17) is 9.97 Å². The minimum absolute atomic E-state index is 0.951. The Hall–Kier alpha value is -1.32. The minimum Gasteiger partial charge on any atom is -0.370 e. The molecule has 0 bridgehead atoms. The zero-order valence-corrected chi connectivity index (χ0v) is 11.2. The molecule has 0 amide bonds. The zero-order valence-electron chi connectivity index (χ0n) is 11.2. The van der Waals surface area contributed by atoms with E-state index in [1.165, 1.54) is 30.5 Å². The second kappa shape index (κ2) is 5.12. The lowest BCUT2D eigenvalue weighted by atomic mass is 10.2. The van der Waals surface area contributed by atoms with Gasteiger partial charge in [0.15, 0.2) is 0 Å². The van der Waals surface area contributed by atoms with Crippen LogP contribution < -0.4 is 10.2 Å². The van der Waals surface area contributed by atoms with E-state index in [2.05, 4.69) is 17.1 Å². The number of hydrogen-bond donors (Lipinski definition) is 1. The minimum atomic E-state index is 0.951. The molecule has 1 saturated heterocycles. The highest BCUT2D eigenvalue weighted by molar-refractivity contribution is 5.53. The summed E-state index contributed by atoms with van der Waals surface area (Å²) >= 11 is 0. The van der Waals surface area contributed by atoms with Gasteiger partial charge in [0.05, 0.1) is 5.69 Å². The van der Waals surface area contributed by atoms with E-state index < -0.39 is 0 Å². The van der Waals surface area contributed by atoms with Crippen LogP contribution in [-0.4, -0.2) is 29.6 Å². The topological polar surface area (TPSA) is 41.1 Å². The van der Waals surface area contributed by atoms with Crippen LogP contribution in [0.2, 0.25) is 0 Å². The van der Waals surface area contributed by atoms with Crippen molar-refractivity contribution in [3.63, 3.8) is 0 Å². The first-order valence-electron chi connectivity index (χ1n) is 7.27. The molecule has 1 fully saturated rings. The summed E-state index contributed by atoms with van der Waals surface area (Å²) in [4.78, 5) is 11.9. The van der Waals surface area contributed by atoms with Gasteiger partial charge in [-0.25, -0.2) is 4.98 Å². The van der Waals surface area contributed by atoms with Gasteiger partial charge in [-0.2, -0.15) is 4.98 Å². The molecule has 0 unspecified atom stereocenters. The highest BCUT2D eigenvalue weighted by Crippen LogP contribution is 2.29. The molecule has 1 aromatic heterocycles. The third-order valence-electron chi connectivity index (χ3n) is 3.85. The Kier molecular flexibility index (Phi) is 3.35. The highest BCUT2D eigenvalue weighted by Gasteiger charge is 2.22. The summed E-state index contributed by atoms with van der Waals surface area (Å²) in [5.41, 5.74) is 2.65. The van der Waals surface area contributed by atoms with Crippen molar-refractivity contribution in [1.82, 2.24) is 9.97 Å². The summed E-state index contributed by atoms with van der Waals surface area (Å²) < 4.78 is 0. The summed E-state index contributed by atoms with van der Waals surface area (Å²) in [6.07, 6.45) is 7.18. The van der Waals surface area contributed by atoms with Crippen molar-refractivity contribution in [3.8, 4) is 0 Å². The van der Waals surface area contributed by atoms with E-state index in [0.717, 1.165) is 50.7 Å². The maximum absolute atomic E-state index is 4.78. The van der Waals surface area contributed by atoms with Gasteiger partial charge in [0.25, 0.3) is 0 Å². The van der Waals surface area contributed by atoms with Crippen LogP contribution in [0.4, 0.5) is 11.8 Å². The molecule has 0 spiro atoms. The van der Waals surface area contributed by atoms with E-state index in [1.54, 1.807) is 0 Å². The van der Waals surface area contributed by atoms with Crippen LogP contribution >= 0.6 is 0 Å². The smallest absolute Gasteiger partial charge is 0.227 e. The molecule has 2 aliphatic rings. The van der Waals surface area contributed by atoms with Gasteiger partial charge in [0.2, 0.25) is 5.95 Å². The normalized spacial score (nSPS) is 18.2. The predicted molar refractivity (Wildman–Crippen MR) is 74.3 cm³/mol. The van der Waals surface area contributed by atoms with Gasteiger partial charge in [-0.3, -0.25) is 0 Å². The molecule has 4 heteroatoms. The number of nitrogens with one attached hydrogen (secondary N) is 1. The van der Waals surface area contributed by atoms with Crippen LogP contribution in [0.1, 0.15) is 43.9 Å². The zero-order chi connectivity index (χ0) is 12.4. The van der Waals surface area contributed by atoms with E-state index in [0.29, 0.717) is 0 Å². The van der Waals surface area contributed by atoms with E-state index in [1.807, 2.05) is 0 Å². The standard InChI is InChI=1S/C14H22N4/c1-2-8-15-13-11-6-5-7-12(11)16-14(17-13)18-9-3-4-10-18/h2-10H2,1H3,(H,15,16,17). The molecule has 0 atom stereocenters. The lowest BCUT2D eigenvalue weighted by Crippen LogP contribution is -2.22. The summed E-state index contributed by atoms with van der Waals surface area (Å²) in [7, 11) is 0. The summed E-state index contributed by atoms with van der Waals surface area (Å²) in [6.45, 7) is 5.43. The number of nitrogens with zero attached hydrogens (tertiary/aromatic N) is 3. The Morgan fingerprint density at radius 2 is 1.94 bits per heavy atom. The van der Waals surface area contributed by atoms with Crippen LogP contribution in [0.5, 0.6) is 0 Å². The number of hydrogen-bond acceptors (Lipinski definition) is 4. The van der Waals surface area contributed by atoms with Gasteiger partial charge < -0.3 is 10.2 Å². The maximum Gasteiger partial charge on any atom is 0.227 e. The Morgan fingerprint density at radius 3 is 2.72 bits per heavy atom. The fraction of sp³-hybridized carbons (Fsp3) is 0.714. The molecule has 0 saturated carbocycles. The average molecular weight is 246 g/mol. The van der Waals surface area contributed by atoms with Crippen molar-refractivity contribution in [2.75, 3.05) is 29.9 Å². The maximum atomic E-state index is 4.78.